The van der Waals surface area contributed by atoms with E-state index in [2.05, 4.69) is 15.6 Å². The van der Waals surface area contributed by atoms with Gasteiger partial charge in [-0.15, -0.1) is 11.3 Å². The van der Waals surface area contributed by atoms with Crippen LogP contribution < -0.4 is 16.4 Å². The van der Waals surface area contributed by atoms with E-state index in [0.717, 1.165) is 5.56 Å². The predicted octanol–water partition coefficient (Wildman–Crippen LogP) is 0.648. The zero-order chi connectivity index (χ0) is 15.1. The lowest BCUT2D eigenvalue weighted by Gasteiger charge is -2.06. The Kier molecular flexibility index (Phi) is 5.42. The smallest absolute Gasteiger partial charge is 0.271 e. The van der Waals surface area contributed by atoms with E-state index in [1.807, 2.05) is 30.3 Å². The van der Waals surface area contributed by atoms with Gasteiger partial charge in [-0.05, 0) is 5.56 Å². The normalized spacial score (nSPS) is 10.1. The van der Waals surface area contributed by atoms with Crippen molar-refractivity contribution in [2.75, 3.05) is 6.54 Å². The molecule has 7 heteroatoms. The lowest BCUT2D eigenvalue weighted by Crippen LogP contribution is -2.36. The molecular formula is C14H16N4O2S. The first-order chi connectivity index (χ1) is 10.2. The number of hydrogen-bond acceptors (Lipinski definition) is 5. The molecule has 0 radical (unpaired) electrons. The molecule has 0 saturated heterocycles. The van der Waals surface area contributed by atoms with Crippen molar-refractivity contribution in [2.45, 2.75) is 13.1 Å². The molecular weight excluding hydrogens is 288 g/mol. The molecule has 4 N–H and O–H groups in total. The van der Waals surface area contributed by atoms with Gasteiger partial charge in [0.05, 0.1) is 6.54 Å². The van der Waals surface area contributed by atoms with Crippen LogP contribution in [0.3, 0.4) is 0 Å². The molecule has 6 nitrogen and oxygen atoms in total. The number of hydrogen-bond donors (Lipinski definition) is 3. The summed E-state index contributed by atoms with van der Waals surface area (Å²) < 4.78 is 0. The van der Waals surface area contributed by atoms with Crippen LogP contribution in [-0.4, -0.2) is 23.3 Å². The van der Waals surface area contributed by atoms with Gasteiger partial charge in [0, 0.05) is 18.5 Å². The fraction of sp³-hybridized carbons (Fsp3) is 0.214. The number of amides is 2. The second-order valence-corrected chi connectivity index (χ2v) is 5.22. The fourth-order valence-electron chi connectivity index (χ4n) is 1.62. The van der Waals surface area contributed by atoms with Gasteiger partial charge in [0.15, 0.2) is 0 Å². The standard InChI is InChI=1S/C14H16N4O2S/c15-6-13-18-11(9-21-13)14(20)17-8-12(19)16-7-10-4-2-1-3-5-10/h1-5,9H,6-8,15H2,(H,16,19)(H,17,20). The summed E-state index contributed by atoms with van der Waals surface area (Å²) in [6, 6.07) is 9.56. The minimum Gasteiger partial charge on any atom is -0.350 e. The molecule has 0 aliphatic carbocycles. The Balaban J connectivity index is 1.74. The average molecular weight is 304 g/mol. The molecule has 0 atom stereocenters. The SMILES string of the molecule is NCc1nc(C(=O)NCC(=O)NCc2ccccc2)cs1. The van der Waals surface area contributed by atoms with Gasteiger partial charge in [0.25, 0.3) is 5.91 Å². The van der Waals surface area contributed by atoms with E-state index in [1.165, 1.54) is 11.3 Å². The summed E-state index contributed by atoms with van der Waals surface area (Å²) in [6.45, 7) is 0.653. The zero-order valence-electron chi connectivity index (χ0n) is 11.3. The summed E-state index contributed by atoms with van der Waals surface area (Å²) in [7, 11) is 0. The average Bonchev–Trinajstić information content (AvgIpc) is 3.00. The first-order valence-electron chi connectivity index (χ1n) is 6.42. The molecule has 2 amide bonds. The second-order valence-electron chi connectivity index (χ2n) is 4.28. The Hall–Kier alpha value is -2.25. The number of aromatic nitrogens is 1. The summed E-state index contributed by atoms with van der Waals surface area (Å²) in [6.07, 6.45) is 0. The molecule has 1 aromatic heterocycles. The van der Waals surface area contributed by atoms with Gasteiger partial charge in [-0.2, -0.15) is 0 Å². The molecule has 1 aromatic carbocycles. The third-order valence-electron chi connectivity index (χ3n) is 2.70. The van der Waals surface area contributed by atoms with E-state index in [-0.39, 0.29) is 24.1 Å². The van der Waals surface area contributed by atoms with Crippen LogP contribution in [0.4, 0.5) is 0 Å². The summed E-state index contributed by atoms with van der Waals surface area (Å²) in [5, 5.41) is 7.57. The van der Waals surface area contributed by atoms with Crippen LogP contribution >= 0.6 is 11.3 Å². The highest BCUT2D eigenvalue weighted by atomic mass is 32.1. The number of rotatable bonds is 6. The molecule has 2 rings (SSSR count). The lowest BCUT2D eigenvalue weighted by atomic mass is 10.2. The van der Waals surface area contributed by atoms with E-state index >= 15 is 0 Å². The van der Waals surface area contributed by atoms with Crippen LogP contribution in [-0.2, 0) is 17.9 Å². The maximum Gasteiger partial charge on any atom is 0.271 e. The Morgan fingerprint density at radius 2 is 1.95 bits per heavy atom. The Morgan fingerprint density at radius 1 is 1.19 bits per heavy atom. The Bertz CT molecular complexity index is 612. The number of benzene rings is 1. The molecule has 110 valence electrons. The van der Waals surface area contributed by atoms with Gasteiger partial charge in [0.2, 0.25) is 5.91 Å². The number of carbonyl (C=O) groups is 2. The highest BCUT2D eigenvalue weighted by Gasteiger charge is 2.11. The maximum absolute atomic E-state index is 11.8. The van der Waals surface area contributed by atoms with Crippen LogP contribution in [0.2, 0.25) is 0 Å². The van der Waals surface area contributed by atoms with E-state index in [4.69, 9.17) is 5.73 Å². The van der Waals surface area contributed by atoms with Crippen LogP contribution in [0, 0.1) is 0 Å². The van der Waals surface area contributed by atoms with Gasteiger partial charge in [-0.25, -0.2) is 4.98 Å². The van der Waals surface area contributed by atoms with Gasteiger partial charge in [-0.3, -0.25) is 9.59 Å². The number of nitrogens with two attached hydrogens (primary N) is 1. The monoisotopic (exact) mass is 304 g/mol. The van der Waals surface area contributed by atoms with Crippen LogP contribution in [0.5, 0.6) is 0 Å². The van der Waals surface area contributed by atoms with Crippen molar-refractivity contribution in [2.24, 2.45) is 5.73 Å². The first kappa shape index (κ1) is 15.1. The molecule has 0 aliphatic heterocycles. The van der Waals surface area contributed by atoms with E-state index in [1.54, 1.807) is 5.38 Å². The maximum atomic E-state index is 11.8. The Morgan fingerprint density at radius 3 is 2.62 bits per heavy atom. The molecule has 1 heterocycles. The van der Waals surface area contributed by atoms with Crippen LogP contribution in [0.1, 0.15) is 21.1 Å². The van der Waals surface area contributed by atoms with Crippen molar-refractivity contribution in [3.05, 3.63) is 52.0 Å². The van der Waals surface area contributed by atoms with Crippen molar-refractivity contribution >= 4 is 23.2 Å². The number of carbonyl (C=O) groups excluding carboxylic acids is 2. The quantitative estimate of drug-likeness (QED) is 0.730. The van der Waals surface area contributed by atoms with Gasteiger partial charge < -0.3 is 16.4 Å². The molecule has 0 aliphatic rings. The number of thiazole rings is 1. The largest absolute Gasteiger partial charge is 0.350 e. The third kappa shape index (κ3) is 4.66. The van der Waals surface area contributed by atoms with Crippen molar-refractivity contribution in [3.63, 3.8) is 0 Å². The van der Waals surface area contributed by atoms with Crippen molar-refractivity contribution in [3.8, 4) is 0 Å². The predicted molar refractivity (Wildman–Crippen MR) is 80.6 cm³/mol. The Labute approximate surface area is 126 Å². The minimum absolute atomic E-state index is 0.0822. The first-order valence-corrected chi connectivity index (χ1v) is 7.30. The molecule has 21 heavy (non-hydrogen) atoms. The van der Waals surface area contributed by atoms with Gasteiger partial charge in [-0.1, -0.05) is 30.3 Å². The summed E-state index contributed by atoms with van der Waals surface area (Å²) >= 11 is 1.32. The molecule has 0 spiro atoms. The van der Waals surface area contributed by atoms with Gasteiger partial charge >= 0.3 is 0 Å². The van der Waals surface area contributed by atoms with E-state index in [9.17, 15) is 9.59 Å². The third-order valence-corrected chi connectivity index (χ3v) is 3.57. The van der Waals surface area contributed by atoms with E-state index < -0.39 is 0 Å². The molecule has 0 saturated carbocycles. The lowest BCUT2D eigenvalue weighted by molar-refractivity contribution is -0.120. The number of nitrogens with one attached hydrogen (secondary N) is 2. The molecule has 0 bridgehead atoms. The second kappa shape index (κ2) is 7.51. The van der Waals surface area contributed by atoms with Crippen molar-refractivity contribution in [1.29, 1.82) is 0 Å². The highest BCUT2D eigenvalue weighted by Crippen LogP contribution is 2.08. The van der Waals surface area contributed by atoms with Crippen LogP contribution in [0.15, 0.2) is 35.7 Å². The van der Waals surface area contributed by atoms with Crippen molar-refractivity contribution < 1.29 is 9.59 Å². The summed E-state index contributed by atoms with van der Waals surface area (Å²) in [4.78, 5) is 27.5. The topological polar surface area (TPSA) is 97.1 Å². The highest BCUT2D eigenvalue weighted by molar-refractivity contribution is 7.09. The number of nitrogens with zero attached hydrogens (tertiary/aromatic N) is 1. The minimum atomic E-state index is -0.374. The molecule has 2 aromatic rings. The summed E-state index contributed by atoms with van der Waals surface area (Å²) in [5.74, 6) is -0.623. The summed E-state index contributed by atoms with van der Waals surface area (Å²) in [5.41, 5.74) is 6.72. The van der Waals surface area contributed by atoms with Crippen LogP contribution in [0.25, 0.3) is 0 Å². The fourth-order valence-corrected chi connectivity index (χ4v) is 2.27. The zero-order valence-corrected chi connectivity index (χ0v) is 12.2. The molecule has 0 unspecified atom stereocenters. The van der Waals surface area contributed by atoms with Crippen molar-refractivity contribution in [1.82, 2.24) is 15.6 Å². The molecule has 0 fully saturated rings. The van der Waals surface area contributed by atoms with Gasteiger partial charge in [0.1, 0.15) is 10.7 Å². The van der Waals surface area contributed by atoms with E-state index in [0.29, 0.717) is 18.1 Å².